The maximum Gasteiger partial charge on any atom is 0.339 e. The van der Waals surface area contributed by atoms with Gasteiger partial charge in [0.05, 0.1) is 16.4 Å². The number of carboxylic acids is 1. The number of para-hydroxylation sites is 1. The van der Waals surface area contributed by atoms with Crippen molar-refractivity contribution in [3.8, 4) is 5.75 Å². The maximum absolute atomic E-state index is 13.7. The van der Waals surface area contributed by atoms with Crippen LogP contribution in [0.3, 0.4) is 0 Å². The summed E-state index contributed by atoms with van der Waals surface area (Å²) < 4.78 is 20.6. The topological polar surface area (TPSA) is 64.4 Å². The predicted molar refractivity (Wildman–Crippen MR) is 75.3 cm³/mol. The number of hydrogen-bond donors (Lipinski definition) is 1. The molecule has 0 radical (unpaired) electrons. The fraction of sp³-hybridized carbons (Fsp3) is 0.286. The molecular weight excluding hydrogens is 299 g/mol. The Bertz CT molecular complexity index is 685. The first kappa shape index (κ1) is 15.3. The number of halogens is 2. The molecule has 0 amide bonds. The molecule has 0 aliphatic rings. The summed E-state index contributed by atoms with van der Waals surface area (Å²) in [5.41, 5.74) is 1.04. The molecule has 7 heteroatoms. The van der Waals surface area contributed by atoms with Crippen molar-refractivity contribution < 1.29 is 19.0 Å². The van der Waals surface area contributed by atoms with E-state index in [4.69, 9.17) is 21.4 Å². The quantitative estimate of drug-likeness (QED) is 0.921. The highest BCUT2D eigenvalue weighted by atomic mass is 35.5. The number of carboxylic acid groups (broad SMARTS) is 1. The van der Waals surface area contributed by atoms with Crippen LogP contribution < -0.4 is 4.74 Å². The Morgan fingerprint density at radius 2 is 2.24 bits per heavy atom. The Morgan fingerprint density at radius 3 is 2.81 bits per heavy atom. The van der Waals surface area contributed by atoms with Gasteiger partial charge in [-0.05, 0) is 18.6 Å². The van der Waals surface area contributed by atoms with Gasteiger partial charge in [-0.15, -0.1) is 0 Å². The third-order valence-electron chi connectivity index (χ3n) is 3.05. The number of aromatic nitrogens is 2. The van der Waals surface area contributed by atoms with Crippen LogP contribution in [0.4, 0.5) is 4.39 Å². The summed E-state index contributed by atoms with van der Waals surface area (Å²) in [4.78, 5) is 11.1. The molecule has 1 aromatic heterocycles. The zero-order valence-electron chi connectivity index (χ0n) is 11.6. The highest BCUT2D eigenvalue weighted by Gasteiger charge is 2.18. The van der Waals surface area contributed by atoms with E-state index >= 15 is 0 Å². The third-order valence-corrected chi connectivity index (χ3v) is 3.49. The lowest BCUT2D eigenvalue weighted by Crippen LogP contribution is -2.08. The summed E-state index contributed by atoms with van der Waals surface area (Å²) in [6.45, 7) is 1.85. The first-order valence-corrected chi connectivity index (χ1v) is 6.68. The van der Waals surface area contributed by atoms with E-state index in [-0.39, 0.29) is 17.9 Å². The molecule has 0 unspecified atom stereocenters. The molecule has 21 heavy (non-hydrogen) atoms. The Morgan fingerprint density at radius 1 is 1.52 bits per heavy atom. The monoisotopic (exact) mass is 312 g/mol. The fourth-order valence-electron chi connectivity index (χ4n) is 1.94. The van der Waals surface area contributed by atoms with Crippen molar-refractivity contribution >= 4 is 17.6 Å². The molecule has 5 nitrogen and oxygen atoms in total. The molecule has 2 aromatic rings. The van der Waals surface area contributed by atoms with Gasteiger partial charge in [-0.25, -0.2) is 9.18 Å². The first-order valence-electron chi connectivity index (χ1n) is 6.30. The second-order valence-electron chi connectivity index (χ2n) is 4.39. The number of nitrogens with zero attached hydrogens (tertiary/aromatic N) is 2. The second-order valence-corrected chi connectivity index (χ2v) is 4.77. The SMILES string of the molecule is CCc1nn(C)c(COc2c(F)cccc2C(=O)O)c1Cl. The van der Waals surface area contributed by atoms with Crippen molar-refractivity contribution in [2.75, 3.05) is 0 Å². The molecule has 0 saturated heterocycles. The molecule has 0 fully saturated rings. The minimum Gasteiger partial charge on any atom is -0.483 e. The molecule has 1 N–H and O–H groups in total. The molecule has 1 aromatic carbocycles. The standard InChI is InChI=1S/C14H14ClFN2O3/c1-3-10-12(15)11(18(2)17-10)7-21-13-8(14(19)20)5-4-6-9(13)16/h4-6H,3,7H2,1-2H3,(H,19,20). The Labute approximate surface area is 125 Å². The number of aromatic carboxylic acids is 1. The number of rotatable bonds is 5. The highest BCUT2D eigenvalue weighted by molar-refractivity contribution is 6.31. The van der Waals surface area contributed by atoms with Gasteiger partial charge in [0.2, 0.25) is 0 Å². The lowest BCUT2D eigenvalue weighted by Gasteiger charge is -2.10. The lowest BCUT2D eigenvalue weighted by molar-refractivity contribution is 0.0690. The zero-order chi connectivity index (χ0) is 15.6. The Balaban J connectivity index is 2.29. The average Bonchev–Trinajstić information content (AvgIpc) is 2.72. The third kappa shape index (κ3) is 3.00. The molecule has 0 aliphatic heterocycles. The molecule has 0 atom stereocenters. The van der Waals surface area contributed by atoms with E-state index in [1.807, 2.05) is 6.92 Å². The van der Waals surface area contributed by atoms with Gasteiger partial charge in [0.1, 0.15) is 12.2 Å². The minimum atomic E-state index is -1.25. The van der Waals surface area contributed by atoms with E-state index in [1.54, 1.807) is 11.7 Å². The maximum atomic E-state index is 13.7. The van der Waals surface area contributed by atoms with Crippen LogP contribution >= 0.6 is 11.6 Å². The smallest absolute Gasteiger partial charge is 0.339 e. The van der Waals surface area contributed by atoms with Crippen LogP contribution in [-0.2, 0) is 20.1 Å². The van der Waals surface area contributed by atoms with Gasteiger partial charge >= 0.3 is 5.97 Å². The lowest BCUT2D eigenvalue weighted by atomic mass is 10.2. The van der Waals surface area contributed by atoms with Crippen LogP contribution in [0.25, 0.3) is 0 Å². The largest absolute Gasteiger partial charge is 0.483 e. The average molecular weight is 313 g/mol. The van der Waals surface area contributed by atoms with Crippen LogP contribution in [0.15, 0.2) is 18.2 Å². The second kappa shape index (κ2) is 6.13. The van der Waals surface area contributed by atoms with Crippen molar-refractivity contribution in [2.24, 2.45) is 7.05 Å². The van der Waals surface area contributed by atoms with Gasteiger partial charge in [0.25, 0.3) is 0 Å². The zero-order valence-corrected chi connectivity index (χ0v) is 12.3. The van der Waals surface area contributed by atoms with Crippen LogP contribution in [-0.4, -0.2) is 20.9 Å². The molecule has 0 aliphatic carbocycles. The minimum absolute atomic E-state index is 0.0659. The van der Waals surface area contributed by atoms with E-state index in [0.29, 0.717) is 22.8 Å². The van der Waals surface area contributed by atoms with Crippen molar-refractivity contribution in [3.05, 3.63) is 46.0 Å². The summed E-state index contributed by atoms with van der Waals surface area (Å²) in [5, 5.41) is 13.7. The van der Waals surface area contributed by atoms with Gasteiger partial charge in [-0.2, -0.15) is 5.10 Å². The number of benzene rings is 1. The Hall–Kier alpha value is -2.08. The van der Waals surface area contributed by atoms with Crippen LogP contribution in [0, 0.1) is 5.82 Å². The van der Waals surface area contributed by atoms with E-state index in [9.17, 15) is 9.18 Å². The summed E-state index contributed by atoms with van der Waals surface area (Å²) in [5.74, 6) is -2.29. The fourth-order valence-corrected chi connectivity index (χ4v) is 2.29. The Kier molecular flexibility index (Phi) is 4.47. The van der Waals surface area contributed by atoms with Crippen molar-refractivity contribution in [2.45, 2.75) is 20.0 Å². The van der Waals surface area contributed by atoms with Gasteiger partial charge < -0.3 is 9.84 Å². The van der Waals surface area contributed by atoms with E-state index in [0.717, 1.165) is 6.07 Å². The van der Waals surface area contributed by atoms with Crippen LogP contribution in [0.2, 0.25) is 5.02 Å². The van der Waals surface area contributed by atoms with Gasteiger partial charge in [0.15, 0.2) is 11.6 Å². The molecule has 0 spiro atoms. The van der Waals surface area contributed by atoms with E-state index < -0.39 is 11.8 Å². The predicted octanol–water partition coefficient (Wildman–Crippen LogP) is 3.05. The van der Waals surface area contributed by atoms with Crippen molar-refractivity contribution in [3.63, 3.8) is 0 Å². The number of aryl methyl sites for hydroxylation is 2. The molecule has 1 heterocycles. The molecule has 0 saturated carbocycles. The molecule has 0 bridgehead atoms. The highest BCUT2D eigenvalue weighted by Crippen LogP contribution is 2.26. The molecule has 2 rings (SSSR count). The van der Waals surface area contributed by atoms with Crippen LogP contribution in [0.5, 0.6) is 5.75 Å². The van der Waals surface area contributed by atoms with Gasteiger partial charge in [0, 0.05) is 7.05 Å². The summed E-state index contributed by atoms with van der Waals surface area (Å²) in [6.07, 6.45) is 0.659. The van der Waals surface area contributed by atoms with Crippen molar-refractivity contribution in [1.29, 1.82) is 0 Å². The summed E-state index contributed by atoms with van der Waals surface area (Å²) in [6, 6.07) is 3.74. The number of hydrogen-bond acceptors (Lipinski definition) is 3. The van der Waals surface area contributed by atoms with Crippen molar-refractivity contribution in [1.82, 2.24) is 9.78 Å². The van der Waals surface area contributed by atoms with E-state index in [1.165, 1.54) is 12.1 Å². The van der Waals surface area contributed by atoms with E-state index in [2.05, 4.69) is 5.10 Å². The van der Waals surface area contributed by atoms with Crippen LogP contribution in [0.1, 0.15) is 28.7 Å². The summed E-state index contributed by atoms with van der Waals surface area (Å²) in [7, 11) is 1.70. The first-order chi connectivity index (χ1) is 9.95. The molecule has 112 valence electrons. The molecular formula is C14H14ClFN2O3. The van der Waals surface area contributed by atoms with Gasteiger partial charge in [-0.3, -0.25) is 4.68 Å². The number of carbonyl (C=O) groups is 1. The summed E-state index contributed by atoms with van der Waals surface area (Å²) >= 11 is 6.16. The number of ether oxygens (including phenoxy) is 1. The van der Waals surface area contributed by atoms with Gasteiger partial charge in [-0.1, -0.05) is 24.6 Å². The normalized spacial score (nSPS) is 10.7.